The SMILES string of the molecule is O=C(O)C(O)C(O)C(=O)O.[KH].[NaH]. The van der Waals surface area contributed by atoms with Crippen LogP contribution in [0.25, 0.3) is 0 Å². The van der Waals surface area contributed by atoms with Gasteiger partial charge in [-0.3, -0.25) is 0 Å². The third-order valence-corrected chi connectivity index (χ3v) is 0.805. The van der Waals surface area contributed by atoms with E-state index in [-0.39, 0.29) is 80.9 Å². The van der Waals surface area contributed by atoms with E-state index >= 15 is 0 Å². The Balaban J connectivity index is -0.000000405. The summed E-state index contributed by atoms with van der Waals surface area (Å²) < 4.78 is 0. The molecule has 0 aromatic carbocycles. The number of hydrogen-bond acceptors (Lipinski definition) is 4. The Morgan fingerprint density at radius 1 is 0.917 bits per heavy atom. The molecule has 0 aliphatic rings. The Kier molecular flexibility index (Phi) is 14.5. The second kappa shape index (κ2) is 9.07. The van der Waals surface area contributed by atoms with E-state index < -0.39 is 24.1 Å². The molecule has 12 heavy (non-hydrogen) atoms. The summed E-state index contributed by atoms with van der Waals surface area (Å²) in [7, 11) is 0. The average Bonchev–Trinajstić information content (AvgIpc) is 1.84. The van der Waals surface area contributed by atoms with E-state index in [4.69, 9.17) is 20.4 Å². The van der Waals surface area contributed by atoms with E-state index in [0.29, 0.717) is 0 Å². The van der Waals surface area contributed by atoms with Crippen molar-refractivity contribution in [3.8, 4) is 0 Å². The maximum absolute atomic E-state index is 9.77. The van der Waals surface area contributed by atoms with Crippen molar-refractivity contribution in [2.45, 2.75) is 12.2 Å². The molecule has 2 atom stereocenters. The number of carboxylic acids is 2. The van der Waals surface area contributed by atoms with Crippen LogP contribution in [0.4, 0.5) is 0 Å². The summed E-state index contributed by atoms with van der Waals surface area (Å²) in [6, 6.07) is 0. The Bertz CT molecular complexity index is 144. The molecular weight excluding hydrogens is 206 g/mol. The van der Waals surface area contributed by atoms with Crippen LogP contribution in [0.2, 0.25) is 0 Å². The van der Waals surface area contributed by atoms with Crippen molar-refractivity contribution in [3.05, 3.63) is 0 Å². The van der Waals surface area contributed by atoms with Gasteiger partial charge in [-0.1, -0.05) is 0 Å². The summed E-state index contributed by atoms with van der Waals surface area (Å²) in [6.07, 6.45) is -4.53. The molecule has 0 heterocycles. The number of carbonyl (C=O) groups is 2. The van der Waals surface area contributed by atoms with Gasteiger partial charge in [-0.25, -0.2) is 9.59 Å². The molecule has 0 saturated carbocycles. The summed E-state index contributed by atoms with van der Waals surface area (Å²) in [5.74, 6) is -3.54. The van der Waals surface area contributed by atoms with Gasteiger partial charge in [0.05, 0.1) is 0 Å². The molecule has 6 nitrogen and oxygen atoms in total. The van der Waals surface area contributed by atoms with E-state index in [9.17, 15) is 9.59 Å². The van der Waals surface area contributed by atoms with Crippen LogP contribution in [0.1, 0.15) is 0 Å². The molecule has 0 spiro atoms. The summed E-state index contributed by atoms with van der Waals surface area (Å²) >= 11 is 0. The van der Waals surface area contributed by atoms with Gasteiger partial charge in [0.15, 0.2) is 12.2 Å². The standard InChI is InChI=1S/C4H6O6.K.Na.2H/c5-1(3(7)8)2(6)4(9)10;;;;/h1-2,5-6H,(H,7,8)(H,9,10);;;;. The van der Waals surface area contributed by atoms with Crippen molar-refractivity contribution in [1.82, 2.24) is 0 Å². The molecule has 0 rings (SSSR count). The fraction of sp³-hybridized carbons (Fsp3) is 0.500. The van der Waals surface area contributed by atoms with Crippen LogP contribution in [-0.2, 0) is 9.59 Å². The fourth-order valence-corrected chi connectivity index (χ4v) is 0.270. The second-order valence-electron chi connectivity index (χ2n) is 1.57. The molecular formula is C4H8KNaO6. The number of rotatable bonds is 3. The summed E-state index contributed by atoms with van der Waals surface area (Å²) in [5.41, 5.74) is 0. The van der Waals surface area contributed by atoms with E-state index in [1.807, 2.05) is 0 Å². The van der Waals surface area contributed by atoms with Crippen molar-refractivity contribution in [2.24, 2.45) is 0 Å². The Labute approximate surface area is 133 Å². The summed E-state index contributed by atoms with van der Waals surface area (Å²) in [5, 5.41) is 32.5. The molecule has 0 amide bonds. The second-order valence-corrected chi connectivity index (χ2v) is 1.57. The van der Waals surface area contributed by atoms with Gasteiger partial charge in [0.1, 0.15) is 0 Å². The van der Waals surface area contributed by atoms with E-state index in [0.717, 1.165) is 0 Å². The topological polar surface area (TPSA) is 115 Å². The normalized spacial score (nSPS) is 13.2. The number of aliphatic hydroxyl groups excluding tert-OH is 2. The molecule has 4 N–H and O–H groups in total. The van der Waals surface area contributed by atoms with Gasteiger partial charge in [0, 0.05) is 0 Å². The molecule has 2 unspecified atom stereocenters. The number of aliphatic carboxylic acids is 2. The van der Waals surface area contributed by atoms with Crippen molar-refractivity contribution in [1.29, 1.82) is 0 Å². The van der Waals surface area contributed by atoms with Gasteiger partial charge < -0.3 is 20.4 Å². The van der Waals surface area contributed by atoms with Crippen molar-refractivity contribution >= 4 is 92.9 Å². The maximum atomic E-state index is 9.77. The molecule has 0 aliphatic heterocycles. The minimum absolute atomic E-state index is 0. The van der Waals surface area contributed by atoms with Crippen LogP contribution >= 0.6 is 0 Å². The van der Waals surface area contributed by atoms with Crippen LogP contribution in [0.5, 0.6) is 0 Å². The van der Waals surface area contributed by atoms with Crippen molar-refractivity contribution < 1.29 is 30.0 Å². The monoisotopic (exact) mass is 214 g/mol. The van der Waals surface area contributed by atoms with Gasteiger partial charge in [0.25, 0.3) is 0 Å². The minimum atomic E-state index is -2.27. The molecule has 0 fully saturated rings. The number of carboxylic acid groups (broad SMARTS) is 2. The van der Waals surface area contributed by atoms with E-state index in [2.05, 4.69) is 0 Å². The molecule has 62 valence electrons. The van der Waals surface area contributed by atoms with Gasteiger partial charge >= 0.3 is 92.9 Å². The first kappa shape index (κ1) is 19.1. The van der Waals surface area contributed by atoms with E-state index in [1.54, 1.807) is 0 Å². The molecule has 0 aliphatic carbocycles. The van der Waals surface area contributed by atoms with Crippen LogP contribution in [0.3, 0.4) is 0 Å². The molecule has 0 radical (unpaired) electrons. The first-order valence-electron chi connectivity index (χ1n) is 2.28. The zero-order valence-electron chi connectivity index (χ0n) is 4.76. The van der Waals surface area contributed by atoms with Crippen LogP contribution in [0.15, 0.2) is 0 Å². The molecule has 0 saturated heterocycles. The zero-order valence-corrected chi connectivity index (χ0v) is 4.76. The van der Waals surface area contributed by atoms with Gasteiger partial charge in [0.2, 0.25) is 0 Å². The molecule has 0 aromatic heterocycles. The third kappa shape index (κ3) is 6.95. The summed E-state index contributed by atoms with van der Waals surface area (Å²) in [6.45, 7) is 0. The number of aliphatic hydroxyl groups is 2. The van der Waals surface area contributed by atoms with Crippen molar-refractivity contribution in [3.63, 3.8) is 0 Å². The quantitative estimate of drug-likeness (QED) is 0.364. The fourth-order valence-electron chi connectivity index (χ4n) is 0.270. The molecule has 0 bridgehead atoms. The predicted octanol–water partition coefficient (Wildman–Crippen LogP) is -3.42. The van der Waals surface area contributed by atoms with E-state index in [1.165, 1.54) is 0 Å². The molecule has 0 aromatic rings. The number of hydrogen-bond donors (Lipinski definition) is 4. The third-order valence-electron chi connectivity index (χ3n) is 0.805. The van der Waals surface area contributed by atoms with Crippen LogP contribution in [0, 0.1) is 0 Å². The van der Waals surface area contributed by atoms with Gasteiger partial charge in [-0.15, -0.1) is 0 Å². The van der Waals surface area contributed by atoms with Crippen molar-refractivity contribution in [2.75, 3.05) is 0 Å². The van der Waals surface area contributed by atoms with Crippen LogP contribution < -0.4 is 0 Å². The Morgan fingerprint density at radius 2 is 1.08 bits per heavy atom. The zero-order chi connectivity index (χ0) is 8.31. The first-order valence-corrected chi connectivity index (χ1v) is 2.28. The summed E-state index contributed by atoms with van der Waals surface area (Å²) in [4.78, 5) is 19.5. The predicted molar refractivity (Wildman–Crippen MR) is 41.6 cm³/mol. The Morgan fingerprint density at radius 3 is 1.17 bits per heavy atom. The Hall–Kier alpha value is 1.50. The van der Waals surface area contributed by atoms with Crippen LogP contribution in [-0.4, -0.2) is 126 Å². The van der Waals surface area contributed by atoms with Gasteiger partial charge in [-0.05, 0) is 0 Å². The first-order chi connectivity index (χ1) is 4.46. The van der Waals surface area contributed by atoms with Gasteiger partial charge in [-0.2, -0.15) is 0 Å². The molecule has 8 heteroatoms. The average molecular weight is 214 g/mol.